The number of carboxylic acid groups (broad SMARTS) is 1. The molecule has 0 radical (unpaired) electrons. The van der Waals surface area contributed by atoms with Gasteiger partial charge in [-0.3, -0.25) is 4.79 Å². The third-order valence-electron chi connectivity index (χ3n) is 3.91. The van der Waals surface area contributed by atoms with Gasteiger partial charge in [0.15, 0.2) is 0 Å². The van der Waals surface area contributed by atoms with Crippen molar-refractivity contribution >= 4 is 29.2 Å². The molecule has 0 unspecified atom stereocenters. The molecule has 2 N–H and O–H groups in total. The van der Waals surface area contributed by atoms with Crippen LogP contribution in [0.5, 0.6) is 0 Å². The molecule has 130 valence electrons. The topological polar surface area (TPSA) is 66.4 Å². The zero-order chi connectivity index (χ0) is 18.5. The van der Waals surface area contributed by atoms with E-state index in [4.69, 9.17) is 16.7 Å². The minimum Gasteiger partial charge on any atom is -0.478 e. The molecule has 0 aliphatic carbocycles. The first-order chi connectivity index (χ1) is 12.5. The van der Waals surface area contributed by atoms with Gasteiger partial charge < -0.3 is 10.4 Å². The van der Waals surface area contributed by atoms with Crippen LogP contribution in [-0.2, 0) is 11.2 Å². The van der Waals surface area contributed by atoms with Crippen LogP contribution in [0, 0.1) is 0 Å². The average Bonchev–Trinajstić information content (AvgIpc) is 2.64. The lowest BCUT2D eigenvalue weighted by atomic mass is 10.0. The van der Waals surface area contributed by atoms with E-state index in [0.717, 1.165) is 16.7 Å². The van der Waals surface area contributed by atoms with E-state index < -0.39 is 5.97 Å². The lowest BCUT2D eigenvalue weighted by Gasteiger charge is -2.09. The molecular weight excluding hydrogens is 350 g/mol. The van der Waals surface area contributed by atoms with Gasteiger partial charge in [-0.2, -0.15) is 0 Å². The summed E-state index contributed by atoms with van der Waals surface area (Å²) in [5.74, 6) is -1.34. The Bertz CT molecular complexity index is 937. The van der Waals surface area contributed by atoms with Crippen LogP contribution >= 0.6 is 11.6 Å². The van der Waals surface area contributed by atoms with Crippen molar-refractivity contribution in [2.24, 2.45) is 0 Å². The normalized spacial score (nSPS) is 10.3. The first kappa shape index (κ1) is 17.7. The Morgan fingerprint density at radius 2 is 1.54 bits per heavy atom. The van der Waals surface area contributed by atoms with Crippen LogP contribution in [0.25, 0.3) is 11.1 Å². The Labute approximate surface area is 156 Å². The molecule has 0 aromatic heterocycles. The van der Waals surface area contributed by atoms with Crippen LogP contribution in [0.1, 0.15) is 15.9 Å². The second-order valence-corrected chi connectivity index (χ2v) is 6.19. The van der Waals surface area contributed by atoms with Gasteiger partial charge in [-0.1, -0.05) is 66.2 Å². The molecule has 3 aromatic carbocycles. The largest absolute Gasteiger partial charge is 0.478 e. The summed E-state index contributed by atoms with van der Waals surface area (Å²) >= 11 is 6.03. The number of hydrogen-bond acceptors (Lipinski definition) is 2. The average molecular weight is 366 g/mol. The molecule has 0 spiro atoms. The van der Waals surface area contributed by atoms with Crippen LogP contribution in [0.3, 0.4) is 0 Å². The highest BCUT2D eigenvalue weighted by Gasteiger charge is 2.11. The summed E-state index contributed by atoms with van der Waals surface area (Å²) in [5, 5.41) is 12.0. The standard InChI is InChI=1S/C21H16ClNO3/c22-18-11-10-17(21(25)26)13-19(18)23-20(24)12-14-6-8-16(9-7-14)15-4-2-1-3-5-15/h1-11,13H,12H2,(H,23,24)(H,25,26). The molecule has 0 bridgehead atoms. The summed E-state index contributed by atoms with van der Waals surface area (Å²) in [6.07, 6.45) is 0.169. The molecule has 0 saturated carbocycles. The van der Waals surface area contributed by atoms with E-state index in [0.29, 0.717) is 5.02 Å². The predicted octanol–water partition coefficient (Wildman–Crippen LogP) is 4.89. The summed E-state index contributed by atoms with van der Waals surface area (Å²) in [6, 6.07) is 21.9. The van der Waals surface area contributed by atoms with E-state index in [9.17, 15) is 9.59 Å². The van der Waals surface area contributed by atoms with E-state index in [1.165, 1.54) is 18.2 Å². The van der Waals surface area contributed by atoms with Crippen LogP contribution in [0.4, 0.5) is 5.69 Å². The van der Waals surface area contributed by atoms with E-state index in [1.54, 1.807) is 0 Å². The third kappa shape index (κ3) is 4.29. The smallest absolute Gasteiger partial charge is 0.335 e. The van der Waals surface area contributed by atoms with E-state index in [1.807, 2.05) is 54.6 Å². The summed E-state index contributed by atoms with van der Waals surface area (Å²) in [7, 11) is 0. The van der Waals surface area contributed by atoms with Gasteiger partial charge in [0.05, 0.1) is 22.7 Å². The lowest BCUT2D eigenvalue weighted by Crippen LogP contribution is -2.15. The Hall–Kier alpha value is -3.11. The van der Waals surface area contributed by atoms with Gasteiger partial charge >= 0.3 is 5.97 Å². The molecule has 26 heavy (non-hydrogen) atoms. The fraction of sp³-hybridized carbons (Fsp3) is 0.0476. The quantitative estimate of drug-likeness (QED) is 0.676. The number of anilines is 1. The number of halogens is 1. The van der Waals surface area contributed by atoms with E-state index in [-0.39, 0.29) is 23.6 Å². The molecule has 5 heteroatoms. The van der Waals surface area contributed by atoms with Crippen molar-refractivity contribution in [3.8, 4) is 11.1 Å². The molecule has 0 saturated heterocycles. The highest BCUT2D eigenvalue weighted by atomic mass is 35.5. The van der Waals surface area contributed by atoms with Crippen LogP contribution in [-0.4, -0.2) is 17.0 Å². The number of carbonyl (C=O) groups excluding carboxylic acids is 1. The molecule has 0 aliphatic rings. The van der Waals surface area contributed by atoms with Gasteiger partial charge in [0.1, 0.15) is 0 Å². The van der Waals surface area contributed by atoms with E-state index >= 15 is 0 Å². The van der Waals surface area contributed by atoms with Crippen molar-refractivity contribution in [3.05, 3.63) is 88.9 Å². The molecule has 4 nitrogen and oxygen atoms in total. The number of nitrogens with one attached hydrogen (secondary N) is 1. The van der Waals surface area contributed by atoms with Crippen LogP contribution < -0.4 is 5.32 Å². The van der Waals surface area contributed by atoms with E-state index in [2.05, 4.69) is 5.32 Å². The highest BCUT2D eigenvalue weighted by Crippen LogP contribution is 2.24. The molecule has 3 aromatic rings. The minimum absolute atomic E-state index is 0.0666. The number of aromatic carboxylic acids is 1. The van der Waals surface area contributed by atoms with Crippen LogP contribution in [0.2, 0.25) is 5.02 Å². The summed E-state index contributed by atoms with van der Waals surface area (Å²) in [4.78, 5) is 23.3. The van der Waals surface area contributed by atoms with Gasteiger partial charge in [0.25, 0.3) is 0 Å². The highest BCUT2D eigenvalue weighted by molar-refractivity contribution is 6.33. The van der Waals surface area contributed by atoms with Gasteiger partial charge in [-0.15, -0.1) is 0 Å². The van der Waals surface area contributed by atoms with Gasteiger partial charge in [0.2, 0.25) is 5.91 Å². The van der Waals surface area contributed by atoms with Crippen LogP contribution in [0.15, 0.2) is 72.8 Å². The number of benzene rings is 3. The zero-order valence-electron chi connectivity index (χ0n) is 13.8. The van der Waals surface area contributed by atoms with Gasteiger partial charge in [-0.25, -0.2) is 4.79 Å². The van der Waals surface area contributed by atoms with Crippen molar-refractivity contribution in [1.29, 1.82) is 0 Å². The minimum atomic E-state index is -1.08. The summed E-state index contributed by atoms with van der Waals surface area (Å²) in [6.45, 7) is 0. The number of rotatable bonds is 5. The third-order valence-corrected chi connectivity index (χ3v) is 4.24. The Morgan fingerprint density at radius 1 is 0.885 bits per heavy atom. The first-order valence-electron chi connectivity index (χ1n) is 8.00. The molecule has 0 fully saturated rings. The van der Waals surface area contributed by atoms with Gasteiger partial charge in [-0.05, 0) is 34.9 Å². The number of hydrogen-bond donors (Lipinski definition) is 2. The molecule has 0 aliphatic heterocycles. The lowest BCUT2D eigenvalue weighted by molar-refractivity contribution is -0.115. The monoisotopic (exact) mass is 365 g/mol. The SMILES string of the molecule is O=C(Cc1ccc(-c2ccccc2)cc1)Nc1cc(C(=O)O)ccc1Cl. The maximum absolute atomic E-state index is 12.3. The second-order valence-electron chi connectivity index (χ2n) is 5.79. The fourth-order valence-corrected chi connectivity index (χ4v) is 2.74. The fourth-order valence-electron chi connectivity index (χ4n) is 2.58. The van der Waals surface area contributed by atoms with Crippen molar-refractivity contribution in [1.82, 2.24) is 0 Å². The maximum atomic E-state index is 12.3. The Balaban J connectivity index is 1.69. The van der Waals surface area contributed by atoms with Crippen molar-refractivity contribution in [2.45, 2.75) is 6.42 Å². The predicted molar refractivity (Wildman–Crippen MR) is 103 cm³/mol. The van der Waals surface area contributed by atoms with Crippen molar-refractivity contribution in [3.63, 3.8) is 0 Å². The van der Waals surface area contributed by atoms with Crippen molar-refractivity contribution in [2.75, 3.05) is 5.32 Å². The maximum Gasteiger partial charge on any atom is 0.335 e. The zero-order valence-corrected chi connectivity index (χ0v) is 14.5. The molecule has 3 rings (SSSR count). The van der Waals surface area contributed by atoms with Gasteiger partial charge in [0, 0.05) is 0 Å². The molecular formula is C21H16ClNO3. The number of carboxylic acids is 1. The summed E-state index contributed by atoms with van der Waals surface area (Å²) in [5.41, 5.74) is 3.40. The first-order valence-corrected chi connectivity index (χ1v) is 8.38. The molecule has 0 atom stereocenters. The van der Waals surface area contributed by atoms with Crippen molar-refractivity contribution < 1.29 is 14.7 Å². The molecule has 1 amide bonds. The number of amides is 1. The Kier molecular flexibility index (Phi) is 5.34. The summed E-state index contributed by atoms with van der Waals surface area (Å²) < 4.78 is 0. The molecule has 0 heterocycles. The Morgan fingerprint density at radius 3 is 2.19 bits per heavy atom. The number of carbonyl (C=O) groups is 2. The second kappa shape index (κ2) is 7.85.